The van der Waals surface area contributed by atoms with Crippen molar-refractivity contribution in [1.82, 2.24) is 0 Å². The standard InChI is InChI=1S/C22H22O4/c1-2-3-5-14-6-4-7-17(15-8-10-18(23)20(25)12-15)22(14)16-9-11-19(24)21(26)13-16/h4,6-13,23-26H,2-3,5H2,1H3. The van der Waals surface area contributed by atoms with E-state index >= 15 is 0 Å². The third-order valence-corrected chi connectivity index (χ3v) is 4.50. The molecule has 4 N–H and O–H groups in total. The van der Waals surface area contributed by atoms with Gasteiger partial charge in [0, 0.05) is 0 Å². The zero-order chi connectivity index (χ0) is 18.7. The van der Waals surface area contributed by atoms with E-state index in [1.807, 2.05) is 12.1 Å². The molecule has 0 bridgehead atoms. The van der Waals surface area contributed by atoms with Gasteiger partial charge in [0.25, 0.3) is 0 Å². The van der Waals surface area contributed by atoms with Crippen molar-refractivity contribution in [3.63, 3.8) is 0 Å². The van der Waals surface area contributed by atoms with E-state index in [0.29, 0.717) is 0 Å². The second-order valence-corrected chi connectivity index (χ2v) is 6.35. The third-order valence-electron chi connectivity index (χ3n) is 4.50. The summed E-state index contributed by atoms with van der Waals surface area (Å²) in [7, 11) is 0. The van der Waals surface area contributed by atoms with Crippen LogP contribution >= 0.6 is 0 Å². The number of phenols is 4. The maximum Gasteiger partial charge on any atom is 0.158 e. The van der Waals surface area contributed by atoms with Crippen molar-refractivity contribution in [1.29, 1.82) is 0 Å². The SMILES string of the molecule is CCCCc1cccc(-c2ccc(O)c(O)c2)c1-c1ccc(O)c(O)c1. The zero-order valence-electron chi connectivity index (χ0n) is 14.6. The minimum absolute atomic E-state index is 0.163. The Bertz CT molecular complexity index is 931. The number of rotatable bonds is 5. The van der Waals surface area contributed by atoms with Gasteiger partial charge in [-0.15, -0.1) is 0 Å². The molecule has 3 aromatic carbocycles. The normalized spacial score (nSPS) is 10.8. The highest BCUT2D eigenvalue weighted by Crippen LogP contribution is 2.40. The maximum atomic E-state index is 9.95. The monoisotopic (exact) mass is 350 g/mol. The van der Waals surface area contributed by atoms with E-state index in [0.717, 1.165) is 47.1 Å². The molecule has 4 nitrogen and oxygen atoms in total. The largest absolute Gasteiger partial charge is 0.504 e. The fourth-order valence-electron chi connectivity index (χ4n) is 3.13. The lowest BCUT2D eigenvalue weighted by Gasteiger charge is -2.16. The molecular weight excluding hydrogens is 328 g/mol. The van der Waals surface area contributed by atoms with Crippen LogP contribution in [0.3, 0.4) is 0 Å². The minimum atomic E-state index is -0.180. The average Bonchev–Trinajstić information content (AvgIpc) is 2.64. The number of phenolic OH excluding ortho intramolecular Hbond substituents is 4. The Labute approximate surface area is 152 Å². The van der Waals surface area contributed by atoms with Gasteiger partial charge in [-0.25, -0.2) is 0 Å². The fraction of sp³-hybridized carbons (Fsp3) is 0.182. The van der Waals surface area contributed by atoms with Gasteiger partial charge in [0.05, 0.1) is 0 Å². The summed E-state index contributed by atoms with van der Waals surface area (Å²) in [6, 6.07) is 15.5. The smallest absolute Gasteiger partial charge is 0.158 e. The number of hydrogen-bond donors (Lipinski definition) is 4. The van der Waals surface area contributed by atoms with Gasteiger partial charge < -0.3 is 20.4 Å². The van der Waals surface area contributed by atoms with Crippen LogP contribution in [0.25, 0.3) is 22.3 Å². The second-order valence-electron chi connectivity index (χ2n) is 6.35. The fourth-order valence-corrected chi connectivity index (χ4v) is 3.13. The van der Waals surface area contributed by atoms with Crippen molar-refractivity contribution in [3.8, 4) is 45.3 Å². The predicted octanol–water partition coefficient (Wildman–Crippen LogP) is 5.19. The lowest BCUT2D eigenvalue weighted by Crippen LogP contribution is -1.94. The summed E-state index contributed by atoms with van der Waals surface area (Å²) in [6.07, 6.45) is 2.97. The van der Waals surface area contributed by atoms with Crippen molar-refractivity contribution < 1.29 is 20.4 Å². The highest BCUT2D eigenvalue weighted by atomic mass is 16.3. The first-order valence-corrected chi connectivity index (χ1v) is 8.68. The van der Waals surface area contributed by atoms with Gasteiger partial charge in [0.2, 0.25) is 0 Å². The molecule has 0 radical (unpaired) electrons. The molecule has 0 saturated heterocycles. The summed E-state index contributed by atoms with van der Waals surface area (Å²) in [4.78, 5) is 0. The molecule has 3 rings (SSSR count). The second kappa shape index (κ2) is 7.40. The molecule has 0 aliphatic heterocycles. The van der Waals surface area contributed by atoms with Crippen LogP contribution in [-0.4, -0.2) is 20.4 Å². The first kappa shape index (κ1) is 17.7. The molecule has 0 atom stereocenters. The topological polar surface area (TPSA) is 80.9 Å². The molecule has 26 heavy (non-hydrogen) atoms. The van der Waals surface area contributed by atoms with Gasteiger partial charge in [-0.1, -0.05) is 43.7 Å². The van der Waals surface area contributed by atoms with E-state index in [4.69, 9.17) is 0 Å². The number of aromatic hydroxyl groups is 4. The molecule has 0 saturated carbocycles. The molecule has 0 amide bonds. The number of benzene rings is 3. The summed E-state index contributed by atoms with van der Waals surface area (Å²) >= 11 is 0. The summed E-state index contributed by atoms with van der Waals surface area (Å²) in [5, 5.41) is 39.1. The molecule has 134 valence electrons. The lowest BCUT2D eigenvalue weighted by molar-refractivity contribution is 0.404. The predicted molar refractivity (Wildman–Crippen MR) is 103 cm³/mol. The summed E-state index contributed by atoms with van der Waals surface area (Å²) < 4.78 is 0. The van der Waals surface area contributed by atoms with E-state index in [9.17, 15) is 20.4 Å². The Morgan fingerprint density at radius 1 is 0.692 bits per heavy atom. The van der Waals surface area contributed by atoms with Gasteiger partial charge in [-0.05, 0) is 64.9 Å². The third kappa shape index (κ3) is 3.45. The Morgan fingerprint density at radius 2 is 1.31 bits per heavy atom. The highest BCUT2D eigenvalue weighted by molar-refractivity contribution is 5.87. The first-order chi connectivity index (χ1) is 12.5. The van der Waals surface area contributed by atoms with E-state index < -0.39 is 0 Å². The van der Waals surface area contributed by atoms with E-state index in [-0.39, 0.29) is 23.0 Å². The molecular formula is C22H22O4. The van der Waals surface area contributed by atoms with Crippen LogP contribution < -0.4 is 0 Å². The number of aryl methyl sites for hydroxylation is 1. The van der Waals surface area contributed by atoms with Gasteiger partial charge in [0.1, 0.15) is 0 Å². The number of unbranched alkanes of at least 4 members (excludes halogenated alkanes) is 1. The van der Waals surface area contributed by atoms with Crippen molar-refractivity contribution in [2.45, 2.75) is 26.2 Å². The zero-order valence-corrected chi connectivity index (χ0v) is 14.6. The van der Waals surface area contributed by atoms with Gasteiger partial charge >= 0.3 is 0 Å². The average molecular weight is 350 g/mol. The maximum absolute atomic E-state index is 9.95. The van der Waals surface area contributed by atoms with Crippen LogP contribution in [0, 0.1) is 0 Å². The van der Waals surface area contributed by atoms with Crippen molar-refractivity contribution >= 4 is 0 Å². The van der Waals surface area contributed by atoms with Crippen LogP contribution in [-0.2, 0) is 6.42 Å². The first-order valence-electron chi connectivity index (χ1n) is 8.68. The van der Waals surface area contributed by atoms with E-state index in [1.165, 1.54) is 18.2 Å². The van der Waals surface area contributed by atoms with Crippen LogP contribution in [0.4, 0.5) is 0 Å². The minimum Gasteiger partial charge on any atom is -0.504 e. The Kier molecular flexibility index (Phi) is 5.03. The molecule has 0 aliphatic carbocycles. The van der Waals surface area contributed by atoms with Gasteiger partial charge in [0.15, 0.2) is 23.0 Å². The Hall–Kier alpha value is -3.14. The van der Waals surface area contributed by atoms with Gasteiger partial charge in [-0.3, -0.25) is 0 Å². The molecule has 0 aliphatic rings. The summed E-state index contributed by atoms with van der Waals surface area (Å²) in [6.45, 7) is 2.13. The van der Waals surface area contributed by atoms with Crippen LogP contribution in [0.5, 0.6) is 23.0 Å². The van der Waals surface area contributed by atoms with Crippen molar-refractivity contribution in [2.24, 2.45) is 0 Å². The van der Waals surface area contributed by atoms with E-state index in [1.54, 1.807) is 18.2 Å². The molecule has 4 heteroatoms. The molecule has 0 unspecified atom stereocenters. The number of hydrogen-bond acceptors (Lipinski definition) is 4. The molecule has 0 spiro atoms. The summed E-state index contributed by atoms with van der Waals surface area (Å²) in [5.74, 6) is -0.684. The highest BCUT2D eigenvalue weighted by Gasteiger charge is 2.15. The van der Waals surface area contributed by atoms with Crippen molar-refractivity contribution in [2.75, 3.05) is 0 Å². The Morgan fingerprint density at radius 3 is 1.92 bits per heavy atom. The lowest BCUT2D eigenvalue weighted by atomic mass is 9.88. The van der Waals surface area contributed by atoms with Crippen LogP contribution in [0.15, 0.2) is 54.6 Å². The van der Waals surface area contributed by atoms with Crippen molar-refractivity contribution in [3.05, 3.63) is 60.2 Å². The van der Waals surface area contributed by atoms with Crippen LogP contribution in [0.1, 0.15) is 25.3 Å². The van der Waals surface area contributed by atoms with E-state index in [2.05, 4.69) is 13.0 Å². The molecule has 0 heterocycles. The van der Waals surface area contributed by atoms with Crippen LogP contribution in [0.2, 0.25) is 0 Å². The quantitative estimate of drug-likeness (QED) is 0.478. The Balaban J connectivity index is 2.23. The molecule has 3 aromatic rings. The molecule has 0 fully saturated rings. The van der Waals surface area contributed by atoms with Gasteiger partial charge in [-0.2, -0.15) is 0 Å². The molecule has 0 aromatic heterocycles. The summed E-state index contributed by atoms with van der Waals surface area (Å²) in [5.41, 5.74) is 4.51.